The molecule has 0 saturated heterocycles. The number of para-hydroxylation sites is 5. The second kappa shape index (κ2) is 35.4. The molecule has 666 valence electrons. The van der Waals surface area contributed by atoms with Crippen LogP contribution in [0.5, 0.6) is 0 Å². The molecule has 0 aliphatic heterocycles. The van der Waals surface area contributed by atoms with Crippen molar-refractivity contribution in [1.29, 1.82) is 0 Å². The van der Waals surface area contributed by atoms with Gasteiger partial charge in [-0.05, 0) is 144 Å². The lowest BCUT2D eigenvalue weighted by Gasteiger charge is -2.34. The molecule has 27 aromatic rings. The van der Waals surface area contributed by atoms with E-state index >= 15 is 0 Å². The topological polar surface area (TPSA) is 139 Å². The third-order valence-corrected chi connectivity index (χ3v) is 32.6. The zero-order valence-corrected chi connectivity index (χ0v) is 77.8. The van der Waals surface area contributed by atoms with E-state index in [9.17, 15) is 0 Å². The summed E-state index contributed by atoms with van der Waals surface area (Å²) in [5.41, 5.74) is 25.3. The summed E-state index contributed by atoms with van der Waals surface area (Å²) in [5, 5.41) is 15.0. The van der Waals surface area contributed by atoms with Crippen molar-refractivity contribution in [2.24, 2.45) is 0 Å². The van der Waals surface area contributed by atoms with Crippen LogP contribution >= 0.6 is 0 Å². The summed E-state index contributed by atoms with van der Waals surface area (Å²) in [7, 11) is -2.57. The van der Waals surface area contributed by atoms with E-state index in [0.717, 1.165) is 139 Å². The van der Waals surface area contributed by atoms with E-state index in [0.29, 0.717) is 34.9 Å². The SMILES string of the molecule is c1ccc(-c2nc(-c3ccccc3)nc(-c3cccc(-n4c5ccccc5c5ccc6c7ccccc7n(-c7ccccc7)c6c54)c3)n2)cc1.c1ccc(-c2nc(-c3ccccc3)nc(C3(c4ccccc4)c4ccccc4-c4ccc(-c5cccc6c5oc5ccccc56)cc43)n2)cc1.c1ccc([Si](c2ccccc2)(c2ccccc2)c2ccc3cc(-c4ccc5oc6cccnc6c5n4)ccc3c2)cc1. The van der Waals surface area contributed by atoms with Gasteiger partial charge in [0.15, 0.2) is 54.2 Å². The van der Waals surface area contributed by atoms with E-state index < -0.39 is 13.5 Å². The molecule has 0 spiro atoms. The lowest BCUT2D eigenvalue weighted by molar-refractivity contribution is 0.667. The molecule has 1 aliphatic carbocycles. The lowest BCUT2D eigenvalue weighted by atomic mass is 9.71. The largest absolute Gasteiger partial charge is 0.455 e. The molecule has 0 saturated carbocycles. The molecular formula is C129H84N10O2Si. The minimum Gasteiger partial charge on any atom is -0.455 e. The van der Waals surface area contributed by atoms with Gasteiger partial charge in [-0.15, -0.1) is 0 Å². The number of hydrogen-bond acceptors (Lipinski definition) is 10. The van der Waals surface area contributed by atoms with Crippen LogP contribution in [0.2, 0.25) is 0 Å². The molecule has 1 atom stereocenters. The van der Waals surface area contributed by atoms with Crippen LogP contribution in [-0.4, -0.2) is 57.1 Å². The van der Waals surface area contributed by atoms with Gasteiger partial charge in [0.25, 0.3) is 0 Å². The fourth-order valence-corrected chi connectivity index (χ4v) is 26.2. The molecule has 8 heterocycles. The highest BCUT2D eigenvalue weighted by atomic mass is 28.3. The summed E-state index contributed by atoms with van der Waals surface area (Å²) in [6.07, 6.45) is 1.78. The summed E-state index contributed by atoms with van der Waals surface area (Å²) < 4.78 is 17.3. The third-order valence-electron chi connectivity index (χ3n) is 27.8. The quantitative estimate of drug-likeness (QED) is 0.0720. The van der Waals surface area contributed by atoms with Gasteiger partial charge in [-0.1, -0.05) is 425 Å². The molecule has 0 N–H and O–H groups in total. The van der Waals surface area contributed by atoms with Crippen molar-refractivity contribution in [2.75, 3.05) is 0 Å². The normalized spacial score (nSPS) is 12.8. The van der Waals surface area contributed by atoms with Crippen molar-refractivity contribution in [3.8, 4) is 102 Å². The van der Waals surface area contributed by atoms with Crippen LogP contribution in [0.3, 0.4) is 0 Å². The Kier molecular flexibility index (Phi) is 20.9. The fourth-order valence-electron chi connectivity index (χ4n) is 21.4. The van der Waals surface area contributed by atoms with Gasteiger partial charge in [-0.3, -0.25) is 4.98 Å². The average molecular weight is 1830 g/mol. The van der Waals surface area contributed by atoms with Crippen LogP contribution in [0.1, 0.15) is 22.5 Å². The Morgan fingerprint density at radius 1 is 0.232 bits per heavy atom. The predicted octanol–water partition coefficient (Wildman–Crippen LogP) is 28.8. The first-order valence-electron chi connectivity index (χ1n) is 47.8. The second-order valence-electron chi connectivity index (χ2n) is 35.8. The zero-order valence-electron chi connectivity index (χ0n) is 76.8. The maximum absolute atomic E-state index is 6.54. The molecular weight excluding hydrogens is 1750 g/mol. The third kappa shape index (κ3) is 14.4. The smallest absolute Gasteiger partial charge is 0.179 e. The summed E-state index contributed by atoms with van der Waals surface area (Å²) in [6.45, 7) is 0. The number of hydrogen-bond donors (Lipinski definition) is 0. The standard InChI is InChI=1S/C46H29N3O.C45H29N5.C38H26N2OSi/c1-4-15-30(16-5-1)43-47-44(31-17-6-2-7-18-31)49-45(48-43)46(33-19-8-3-9-20-33)39-25-12-10-21-35(39)36-28-27-32(29-40(36)46)34-23-14-24-38-37-22-11-13-26-41(37)50-42(34)38;1-4-15-30(16-5-1)43-46-44(31-17-6-2-7-18-31)48-45(47-43)32-19-14-22-34(29-32)50-40-26-13-11-24-36(40)38-28-27-37-35-23-10-12-25-39(35)49(41(37)42(38)50)33-20-8-3-9-21-33;1-4-11-30(12-5-1)42(31-13-6-2-7-14-31,32-15-8-3-9-16-32)33-21-20-27-25-29(19-18-28(27)26-33)34-22-23-36-38(40-34)37-35(41-36)17-10-24-39-37/h2*1-29H;1-26H. The summed E-state index contributed by atoms with van der Waals surface area (Å²) in [6, 6.07) is 177. The highest BCUT2D eigenvalue weighted by Gasteiger charge is 2.50. The number of rotatable bonds is 15. The van der Waals surface area contributed by atoms with Gasteiger partial charge in [0.1, 0.15) is 27.6 Å². The Hall–Kier alpha value is -18.8. The van der Waals surface area contributed by atoms with Crippen LogP contribution in [-0.2, 0) is 5.41 Å². The molecule has 28 rings (SSSR count). The molecule has 19 aromatic carbocycles. The minimum atomic E-state index is -2.57. The first kappa shape index (κ1) is 83.7. The van der Waals surface area contributed by atoms with Crippen LogP contribution in [0.15, 0.2) is 519 Å². The molecule has 13 heteroatoms. The van der Waals surface area contributed by atoms with Crippen molar-refractivity contribution in [3.63, 3.8) is 0 Å². The Morgan fingerprint density at radius 2 is 0.669 bits per heavy atom. The highest BCUT2D eigenvalue weighted by Crippen LogP contribution is 2.57. The van der Waals surface area contributed by atoms with Crippen LogP contribution < -0.4 is 20.7 Å². The number of pyridine rings is 2. The van der Waals surface area contributed by atoms with Gasteiger partial charge in [-0.25, -0.2) is 34.9 Å². The molecule has 0 bridgehead atoms. The van der Waals surface area contributed by atoms with Crippen molar-refractivity contribution < 1.29 is 8.83 Å². The Balaban J connectivity index is 0.000000110. The molecule has 0 amide bonds. The molecule has 142 heavy (non-hydrogen) atoms. The zero-order chi connectivity index (χ0) is 94.0. The summed E-state index contributed by atoms with van der Waals surface area (Å²) in [4.78, 5) is 40.3. The number of benzene rings is 19. The van der Waals surface area contributed by atoms with Crippen molar-refractivity contribution in [2.45, 2.75) is 5.41 Å². The average Bonchev–Trinajstić information content (AvgIpc) is 1.46. The van der Waals surface area contributed by atoms with Crippen molar-refractivity contribution >= 4 is 127 Å². The maximum atomic E-state index is 6.54. The van der Waals surface area contributed by atoms with E-state index in [1.807, 2.05) is 133 Å². The predicted molar refractivity (Wildman–Crippen MR) is 581 cm³/mol. The monoisotopic (exact) mass is 1830 g/mol. The Bertz CT molecular complexity index is 9270. The number of furan rings is 2. The van der Waals surface area contributed by atoms with Gasteiger partial charge < -0.3 is 18.0 Å². The van der Waals surface area contributed by atoms with Gasteiger partial charge in [0.2, 0.25) is 0 Å². The Morgan fingerprint density at radius 3 is 1.27 bits per heavy atom. The van der Waals surface area contributed by atoms with Gasteiger partial charge in [-0.2, -0.15) is 0 Å². The summed E-state index contributed by atoms with van der Waals surface area (Å²) >= 11 is 0. The molecule has 0 radical (unpaired) electrons. The number of nitrogens with zero attached hydrogens (tertiary/aromatic N) is 10. The van der Waals surface area contributed by atoms with Crippen LogP contribution in [0, 0.1) is 0 Å². The maximum Gasteiger partial charge on any atom is 0.179 e. The molecule has 8 aromatic heterocycles. The molecule has 1 unspecified atom stereocenters. The van der Waals surface area contributed by atoms with Gasteiger partial charge in [0.05, 0.1) is 27.8 Å². The summed E-state index contributed by atoms with van der Waals surface area (Å²) in [5.74, 6) is 3.87. The number of fused-ring (bicyclic) bond motifs is 17. The highest BCUT2D eigenvalue weighted by molar-refractivity contribution is 7.20. The van der Waals surface area contributed by atoms with E-state index in [2.05, 4.69) is 384 Å². The van der Waals surface area contributed by atoms with Crippen LogP contribution in [0.4, 0.5) is 0 Å². The number of aromatic nitrogens is 10. The first-order chi connectivity index (χ1) is 70.4. The van der Waals surface area contributed by atoms with Crippen LogP contribution in [0.25, 0.3) is 200 Å². The van der Waals surface area contributed by atoms with Gasteiger partial charge in [0, 0.05) is 88.8 Å². The van der Waals surface area contributed by atoms with Crippen molar-refractivity contribution in [1.82, 2.24) is 49.0 Å². The first-order valence-corrected chi connectivity index (χ1v) is 49.8. The van der Waals surface area contributed by atoms with E-state index in [4.69, 9.17) is 43.7 Å². The Labute approximate surface area is 818 Å². The fraction of sp³-hybridized carbons (Fsp3) is 0.00775. The van der Waals surface area contributed by atoms with Gasteiger partial charge >= 0.3 is 0 Å². The van der Waals surface area contributed by atoms with E-state index in [1.54, 1.807) is 6.20 Å². The van der Waals surface area contributed by atoms with Crippen molar-refractivity contribution in [3.05, 3.63) is 532 Å². The second-order valence-corrected chi connectivity index (χ2v) is 39.7. The minimum absolute atomic E-state index is 0.629. The van der Waals surface area contributed by atoms with E-state index in [-0.39, 0.29) is 0 Å². The molecule has 0 fully saturated rings. The lowest BCUT2D eigenvalue weighted by Crippen LogP contribution is -2.74. The molecule has 1 aliphatic rings. The van der Waals surface area contributed by atoms with E-state index in [1.165, 1.54) is 69.7 Å². The molecule has 12 nitrogen and oxygen atoms in total.